The Morgan fingerprint density at radius 3 is 2.75 bits per heavy atom. The lowest BCUT2D eigenvalue weighted by molar-refractivity contribution is 0.317. The monoisotopic (exact) mass is 340 g/mol. The highest BCUT2D eigenvalue weighted by molar-refractivity contribution is 9.10. The van der Waals surface area contributed by atoms with Crippen LogP contribution in [-0.4, -0.2) is 39.9 Å². The normalized spacial score (nSPS) is 23.6. The van der Waals surface area contributed by atoms with Gasteiger partial charge in [0, 0.05) is 38.3 Å². The highest BCUT2D eigenvalue weighted by atomic mass is 79.9. The van der Waals surface area contributed by atoms with E-state index >= 15 is 0 Å². The maximum absolute atomic E-state index is 4.66. The maximum atomic E-state index is 4.66. The zero-order valence-electron chi connectivity index (χ0n) is 12.5. The quantitative estimate of drug-likeness (QED) is 0.863. The van der Waals surface area contributed by atoms with Gasteiger partial charge in [0.15, 0.2) is 0 Å². The minimum Gasteiger partial charge on any atom is -0.307 e. The molecule has 1 unspecified atom stereocenters. The first kappa shape index (κ1) is 14.5. The molecule has 1 saturated heterocycles. The van der Waals surface area contributed by atoms with Gasteiger partial charge in [0.05, 0.1) is 15.9 Å². The molecule has 1 aliphatic heterocycles. The van der Waals surface area contributed by atoms with Gasteiger partial charge >= 0.3 is 0 Å². The van der Waals surface area contributed by atoms with E-state index in [-0.39, 0.29) is 0 Å². The first-order chi connectivity index (χ1) is 9.72. The largest absolute Gasteiger partial charge is 0.307 e. The Hall–Kier alpha value is -0.390. The molecule has 0 spiro atoms. The molecule has 0 bridgehead atoms. The van der Waals surface area contributed by atoms with E-state index in [4.69, 9.17) is 0 Å². The molecule has 0 amide bonds. The van der Waals surface area contributed by atoms with Gasteiger partial charge in [-0.25, -0.2) is 0 Å². The Balaban J connectivity index is 1.59. The van der Waals surface area contributed by atoms with Crippen LogP contribution in [0.5, 0.6) is 0 Å². The Bertz CT molecular complexity index is 467. The summed E-state index contributed by atoms with van der Waals surface area (Å²) in [5.74, 6) is 0. The van der Waals surface area contributed by atoms with Crippen molar-refractivity contribution >= 4 is 15.9 Å². The molecule has 3 rings (SSSR count). The fourth-order valence-corrected chi connectivity index (χ4v) is 3.86. The van der Waals surface area contributed by atoms with Crippen LogP contribution in [0.25, 0.3) is 0 Å². The highest BCUT2D eigenvalue weighted by Crippen LogP contribution is 2.30. The van der Waals surface area contributed by atoms with Crippen LogP contribution in [0.4, 0.5) is 0 Å². The van der Waals surface area contributed by atoms with E-state index in [2.05, 4.69) is 49.8 Å². The van der Waals surface area contributed by atoms with Gasteiger partial charge in [-0.3, -0.25) is 9.58 Å². The summed E-state index contributed by atoms with van der Waals surface area (Å²) in [5, 5.41) is 8.40. The van der Waals surface area contributed by atoms with Gasteiger partial charge in [0.1, 0.15) is 0 Å². The molecular weight excluding hydrogens is 316 g/mol. The second kappa shape index (κ2) is 6.16. The van der Waals surface area contributed by atoms with Crippen molar-refractivity contribution in [3.8, 4) is 0 Å². The Morgan fingerprint density at radius 1 is 1.30 bits per heavy atom. The molecule has 1 N–H and O–H groups in total. The SMILES string of the molecule is CCc1nn(CC)c(CNC2CCN(C3CC3)C2)c1Br. The summed E-state index contributed by atoms with van der Waals surface area (Å²) in [7, 11) is 0. The lowest BCUT2D eigenvalue weighted by Gasteiger charge is -2.16. The summed E-state index contributed by atoms with van der Waals surface area (Å²) in [5.41, 5.74) is 2.48. The number of rotatable bonds is 6. The molecular formula is C15H25BrN4. The number of aryl methyl sites for hydroxylation is 2. The van der Waals surface area contributed by atoms with Crippen LogP contribution in [0, 0.1) is 0 Å². The third-order valence-electron chi connectivity index (χ3n) is 4.54. The average Bonchev–Trinajstić information content (AvgIpc) is 3.12. The fourth-order valence-electron chi connectivity index (χ4n) is 3.15. The lowest BCUT2D eigenvalue weighted by Crippen LogP contribution is -2.33. The molecule has 0 radical (unpaired) electrons. The standard InChI is InChI=1S/C15H25BrN4/c1-3-13-15(16)14(20(4-2)18-13)9-17-11-7-8-19(10-11)12-5-6-12/h11-12,17H,3-10H2,1-2H3. The minimum atomic E-state index is 0.646. The summed E-state index contributed by atoms with van der Waals surface area (Å²) in [4.78, 5) is 2.65. The van der Waals surface area contributed by atoms with Gasteiger partial charge < -0.3 is 5.32 Å². The maximum Gasteiger partial charge on any atom is 0.0767 e. The third-order valence-corrected chi connectivity index (χ3v) is 5.45. The number of hydrogen-bond donors (Lipinski definition) is 1. The van der Waals surface area contributed by atoms with Crippen molar-refractivity contribution in [1.29, 1.82) is 0 Å². The topological polar surface area (TPSA) is 33.1 Å². The molecule has 1 aromatic heterocycles. The molecule has 2 heterocycles. The predicted molar refractivity (Wildman–Crippen MR) is 84.8 cm³/mol. The van der Waals surface area contributed by atoms with E-state index in [9.17, 15) is 0 Å². The van der Waals surface area contributed by atoms with E-state index < -0.39 is 0 Å². The van der Waals surface area contributed by atoms with Crippen molar-refractivity contribution in [3.63, 3.8) is 0 Å². The van der Waals surface area contributed by atoms with Crippen LogP contribution >= 0.6 is 15.9 Å². The molecule has 1 aromatic rings. The van der Waals surface area contributed by atoms with Crippen LogP contribution in [0.3, 0.4) is 0 Å². The molecule has 112 valence electrons. The van der Waals surface area contributed by atoms with E-state index in [1.54, 1.807) is 0 Å². The molecule has 4 nitrogen and oxygen atoms in total. The van der Waals surface area contributed by atoms with E-state index in [1.165, 1.54) is 48.2 Å². The molecule has 20 heavy (non-hydrogen) atoms. The smallest absolute Gasteiger partial charge is 0.0767 e. The lowest BCUT2D eigenvalue weighted by atomic mass is 10.2. The predicted octanol–water partition coefficient (Wildman–Crippen LogP) is 2.55. The van der Waals surface area contributed by atoms with Gasteiger partial charge in [-0.1, -0.05) is 6.92 Å². The van der Waals surface area contributed by atoms with Crippen molar-refractivity contribution < 1.29 is 0 Å². The van der Waals surface area contributed by atoms with E-state index in [0.29, 0.717) is 6.04 Å². The number of nitrogens with one attached hydrogen (secondary N) is 1. The van der Waals surface area contributed by atoms with Crippen LogP contribution in [-0.2, 0) is 19.5 Å². The molecule has 2 aliphatic rings. The molecule has 0 aromatic carbocycles. The average molecular weight is 341 g/mol. The molecule has 2 fully saturated rings. The molecule has 5 heteroatoms. The molecule has 1 saturated carbocycles. The summed E-state index contributed by atoms with van der Waals surface area (Å²) in [6.07, 6.45) is 5.11. The zero-order chi connectivity index (χ0) is 14.1. The van der Waals surface area contributed by atoms with Crippen LogP contribution in [0.2, 0.25) is 0 Å². The van der Waals surface area contributed by atoms with Gasteiger partial charge in [-0.15, -0.1) is 0 Å². The molecule has 1 aliphatic carbocycles. The Kier molecular flexibility index (Phi) is 4.48. The van der Waals surface area contributed by atoms with Gasteiger partial charge in [0.2, 0.25) is 0 Å². The number of nitrogens with zero attached hydrogens (tertiary/aromatic N) is 3. The van der Waals surface area contributed by atoms with Gasteiger partial charge in [0.25, 0.3) is 0 Å². The highest BCUT2D eigenvalue weighted by Gasteiger charge is 2.34. The second-order valence-electron chi connectivity index (χ2n) is 5.97. The number of halogens is 1. The van der Waals surface area contributed by atoms with Crippen molar-refractivity contribution in [2.24, 2.45) is 0 Å². The Labute approximate surface area is 130 Å². The summed E-state index contributed by atoms with van der Waals surface area (Å²) < 4.78 is 3.33. The van der Waals surface area contributed by atoms with Crippen molar-refractivity contribution in [2.45, 2.75) is 64.7 Å². The molecule has 1 atom stereocenters. The second-order valence-corrected chi connectivity index (χ2v) is 6.76. The zero-order valence-corrected chi connectivity index (χ0v) is 14.1. The summed E-state index contributed by atoms with van der Waals surface area (Å²) in [6.45, 7) is 8.68. The van der Waals surface area contributed by atoms with Crippen molar-refractivity contribution in [2.75, 3.05) is 13.1 Å². The van der Waals surface area contributed by atoms with Crippen LogP contribution in [0.15, 0.2) is 4.47 Å². The fraction of sp³-hybridized carbons (Fsp3) is 0.800. The Morgan fingerprint density at radius 2 is 2.10 bits per heavy atom. The summed E-state index contributed by atoms with van der Waals surface area (Å²) >= 11 is 3.72. The first-order valence-electron chi connectivity index (χ1n) is 7.94. The first-order valence-corrected chi connectivity index (χ1v) is 8.73. The number of likely N-dealkylation sites (tertiary alicyclic amines) is 1. The van der Waals surface area contributed by atoms with Gasteiger partial charge in [-0.05, 0) is 48.5 Å². The van der Waals surface area contributed by atoms with Crippen molar-refractivity contribution in [3.05, 3.63) is 15.9 Å². The number of hydrogen-bond acceptors (Lipinski definition) is 3. The summed E-state index contributed by atoms with van der Waals surface area (Å²) in [6, 6.07) is 1.55. The minimum absolute atomic E-state index is 0.646. The van der Waals surface area contributed by atoms with Crippen molar-refractivity contribution in [1.82, 2.24) is 20.0 Å². The van der Waals surface area contributed by atoms with E-state index in [0.717, 1.165) is 25.6 Å². The van der Waals surface area contributed by atoms with Crippen LogP contribution < -0.4 is 5.32 Å². The number of aromatic nitrogens is 2. The van der Waals surface area contributed by atoms with Crippen LogP contribution in [0.1, 0.15) is 44.5 Å². The third kappa shape index (κ3) is 2.95. The van der Waals surface area contributed by atoms with E-state index in [1.807, 2.05) is 0 Å². The van der Waals surface area contributed by atoms with Gasteiger partial charge in [-0.2, -0.15) is 5.10 Å².